The van der Waals surface area contributed by atoms with Gasteiger partial charge in [-0.3, -0.25) is 62.4 Å². The van der Waals surface area contributed by atoms with Crippen molar-refractivity contribution in [1.29, 1.82) is 0 Å². The molecule has 28 heteroatoms. The second kappa shape index (κ2) is 36.6. The van der Waals surface area contributed by atoms with Crippen molar-refractivity contribution in [1.82, 2.24) is 51.1 Å². The summed E-state index contributed by atoms with van der Waals surface area (Å²) >= 11 is 0. The molecule has 0 unspecified atom stereocenters. The maximum Gasteiger partial charge on any atom is 0.281 e. The van der Waals surface area contributed by atoms with Gasteiger partial charge in [-0.05, 0) is 113 Å². The van der Waals surface area contributed by atoms with E-state index in [0.717, 1.165) is 0 Å². The molecule has 7 N–H and O–H groups in total. The van der Waals surface area contributed by atoms with Gasteiger partial charge < -0.3 is 55.5 Å². The molecule has 3 aliphatic rings. The number of amides is 10. The first-order valence-electron chi connectivity index (χ1n) is 32.7. The molecule has 10 atom stereocenters. The minimum Gasteiger partial charge on any atom is -0.484 e. The van der Waals surface area contributed by atoms with Crippen LogP contribution in [0.1, 0.15) is 131 Å². The Morgan fingerprint density at radius 1 is 0.691 bits per heavy atom. The van der Waals surface area contributed by atoms with Gasteiger partial charge in [-0.15, -0.1) is 0 Å². The summed E-state index contributed by atoms with van der Waals surface area (Å²) in [4.78, 5) is 146. The van der Waals surface area contributed by atoms with Gasteiger partial charge in [-0.25, -0.2) is 13.9 Å². The fraction of sp³-hybridized carbons (Fsp3) is 0.667. The van der Waals surface area contributed by atoms with Crippen LogP contribution in [0.4, 0.5) is 5.69 Å². The number of carbonyl (C=O) groups is 10. The summed E-state index contributed by atoms with van der Waals surface area (Å²) in [5.41, 5.74) is 3.91. The summed E-state index contributed by atoms with van der Waals surface area (Å²) in [5, 5.41) is 13.0. The number of nitrogens with zero attached hydrogens (tertiary/aromatic N) is 4. The van der Waals surface area contributed by atoms with E-state index < -0.39 is 106 Å². The minimum absolute atomic E-state index is 0.0174. The number of piperidine rings is 1. The van der Waals surface area contributed by atoms with Crippen molar-refractivity contribution in [2.24, 2.45) is 29.6 Å². The van der Waals surface area contributed by atoms with Gasteiger partial charge in [0.05, 0.1) is 54.5 Å². The van der Waals surface area contributed by atoms with Crippen LogP contribution in [0.15, 0.2) is 48.5 Å². The van der Waals surface area contributed by atoms with Gasteiger partial charge in [0, 0.05) is 78.8 Å². The lowest BCUT2D eigenvalue weighted by atomic mass is 9.89. The summed E-state index contributed by atoms with van der Waals surface area (Å²) < 4.78 is 46.0. The number of carbonyl (C=O) groups excluding carboxylic acids is 10. The first-order chi connectivity index (χ1) is 44.4. The molecule has 27 nitrogen and oxygen atoms in total. The van der Waals surface area contributed by atoms with E-state index >= 15 is 0 Å². The Labute approximate surface area is 554 Å². The van der Waals surface area contributed by atoms with E-state index in [1.165, 1.54) is 21.1 Å². The molecule has 10 amide bonds. The Bertz CT molecular complexity index is 3000. The largest absolute Gasteiger partial charge is 0.484 e. The predicted molar refractivity (Wildman–Crippen MR) is 351 cm³/mol. The van der Waals surface area contributed by atoms with Gasteiger partial charge in [0.1, 0.15) is 23.9 Å². The zero-order chi connectivity index (χ0) is 69.7. The van der Waals surface area contributed by atoms with Gasteiger partial charge in [0.25, 0.3) is 11.8 Å². The van der Waals surface area contributed by atoms with E-state index in [4.69, 9.17) is 19.0 Å². The van der Waals surface area contributed by atoms with Crippen molar-refractivity contribution in [3.63, 3.8) is 0 Å². The lowest BCUT2D eigenvalue weighted by Gasteiger charge is -2.41. The maximum atomic E-state index is 14.6. The fourth-order valence-corrected chi connectivity index (χ4v) is 13.6. The molecule has 2 aromatic rings. The van der Waals surface area contributed by atoms with Crippen molar-refractivity contribution in [3.8, 4) is 5.75 Å². The highest BCUT2D eigenvalue weighted by molar-refractivity contribution is 7.90. The number of hydroxylamine groups is 1. The van der Waals surface area contributed by atoms with E-state index in [1.807, 2.05) is 60.5 Å². The van der Waals surface area contributed by atoms with Gasteiger partial charge in [0.15, 0.2) is 6.61 Å². The molecule has 5 rings (SSSR count). The highest BCUT2D eigenvalue weighted by Gasteiger charge is 2.45. The Kier molecular flexibility index (Phi) is 30.1. The number of anilines is 1. The van der Waals surface area contributed by atoms with Crippen LogP contribution in [-0.4, -0.2) is 209 Å². The molecular formula is C66H103N11O16S. The normalized spacial score (nSPS) is 18.1. The number of ether oxygens (including phenoxy) is 3. The van der Waals surface area contributed by atoms with E-state index in [9.17, 15) is 56.4 Å². The summed E-state index contributed by atoms with van der Waals surface area (Å²) in [6.07, 6.45) is 1.65. The van der Waals surface area contributed by atoms with Crippen LogP contribution in [0.25, 0.3) is 0 Å². The number of hydrogen-bond donors (Lipinski definition) is 7. The molecule has 0 radical (unpaired) electrons. The second-order valence-electron chi connectivity index (χ2n) is 25.9. The zero-order valence-corrected chi connectivity index (χ0v) is 58.1. The van der Waals surface area contributed by atoms with Crippen LogP contribution >= 0.6 is 0 Å². The third-order valence-corrected chi connectivity index (χ3v) is 19.8. The Balaban J connectivity index is 1.13. The maximum absolute atomic E-state index is 14.6. The van der Waals surface area contributed by atoms with Crippen molar-refractivity contribution in [2.75, 3.05) is 74.0 Å². The molecule has 3 fully saturated rings. The molecule has 2 heterocycles. The number of hydrogen-bond acceptors (Lipinski definition) is 17. The Hall–Kier alpha value is -7.27. The van der Waals surface area contributed by atoms with E-state index in [-0.39, 0.29) is 91.2 Å². The highest BCUT2D eigenvalue weighted by atomic mass is 32.2. The number of likely N-dealkylation sites (N-methyl/N-ethyl adjacent to an activating group) is 2. The van der Waals surface area contributed by atoms with Crippen LogP contribution in [0.3, 0.4) is 0 Å². The molecule has 0 aromatic heterocycles. The zero-order valence-electron chi connectivity index (χ0n) is 57.2. The molecule has 2 aliphatic heterocycles. The Morgan fingerprint density at radius 3 is 1.89 bits per heavy atom. The van der Waals surface area contributed by atoms with Crippen LogP contribution < -0.4 is 41.5 Å². The second-order valence-corrected chi connectivity index (χ2v) is 27.9. The lowest BCUT2D eigenvalue weighted by molar-refractivity contribution is -0.148. The predicted octanol–water partition coefficient (Wildman–Crippen LogP) is 2.80. The summed E-state index contributed by atoms with van der Waals surface area (Å²) in [6, 6.07) is 8.15. The molecule has 2 saturated heterocycles. The summed E-state index contributed by atoms with van der Waals surface area (Å²) in [5.74, 6) is -5.41. The molecule has 0 bridgehead atoms. The number of rotatable bonds is 36. The molecule has 1 saturated carbocycles. The lowest BCUT2D eigenvalue weighted by Crippen LogP contribution is -2.59. The van der Waals surface area contributed by atoms with Crippen LogP contribution in [0.5, 0.6) is 5.75 Å². The average Bonchev–Trinajstić information content (AvgIpc) is 1.56. The van der Waals surface area contributed by atoms with E-state index in [0.29, 0.717) is 81.4 Å². The fourth-order valence-electron chi connectivity index (χ4n) is 12.2. The van der Waals surface area contributed by atoms with Gasteiger partial charge in [-0.1, -0.05) is 79.2 Å². The third kappa shape index (κ3) is 22.4. The Morgan fingerprint density at radius 2 is 1.33 bits per heavy atom. The van der Waals surface area contributed by atoms with E-state index in [1.54, 1.807) is 84.2 Å². The molecule has 94 heavy (non-hydrogen) atoms. The van der Waals surface area contributed by atoms with Gasteiger partial charge >= 0.3 is 0 Å². The molecule has 524 valence electrons. The monoisotopic (exact) mass is 1340 g/mol. The molecule has 0 spiro atoms. The summed E-state index contributed by atoms with van der Waals surface area (Å²) in [6.45, 7) is 15.5. The van der Waals surface area contributed by atoms with Gasteiger partial charge in [-0.2, -0.15) is 0 Å². The quantitative estimate of drug-likeness (QED) is 0.0482. The topological polar surface area (TPSA) is 339 Å². The SMILES string of the molecule is CC[C@H](C)[C@@H]([C@@H](CC(=O)N1CCC[C@H]1[C@H](OC)[C@@H](C)C(=O)N[C@@H](Cc1ccc(OCC(=O)NOCc2ccc(NC(=O)[C@H](C)NC(=O)CCC(=O)N3CCC(C(=O)NC)CC3)cc2)cc1)C(=O)NS(=O)(=O)C1CC1)OC)N(C)C(=O)[C@@H](NC(=O)[C@H](C(C)C)N(C)C)C(C)C. The van der Waals surface area contributed by atoms with Crippen molar-refractivity contribution in [3.05, 3.63) is 59.7 Å². The van der Waals surface area contributed by atoms with Crippen molar-refractivity contribution < 1.29 is 75.4 Å². The van der Waals surface area contributed by atoms with E-state index in [2.05, 4.69) is 36.8 Å². The number of likely N-dealkylation sites (tertiary alicyclic amines) is 2. The number of sulfonamides is 1. The van der Waals surface area contributed by atoms with Crippen LogP contribution in [0.2, 0.25) is 0 Å². The minimum atomic E-state index is -4.03. The molecular weight excluding hydrogens is 1230 g/mol. The molecule has 1 aliphatic carbocycles. The van der Waals surface area contributed by atoms with Crippen LogP contribution in [0, 0.1) is 29.6 Å². The third-order valence-electron chi connectivity index (χ3n) is 18.0. The number of methoxy groups -OCH3 is 2. The molecule has 2 aromatic carbocycles. The first kappa shape index (κ1) is 77.4. The average molecular weight is 1340 g/mol. The summed E-state index contributed by atoms with van der Waals surface area (Å²) in [7, 11) is 5.81. The number of benzene rings is 2. The van der Waals surface area contributed by atoms with Crippen molar-refractivity contribution in [2.45, 2.75) is 186 Å². The smallest absolute Gasteiger partial charge is 0.281 e. The standard InChI is InChI=1S/C66H103N11O16S/c1-15-41(6)59(75(12)66(87)57(39(2)3)71-65(86)58(40(4)5)74(10)11)52(90-13)36-56(81)77-32-16-17-51(77)60(91-14)42(7)61(82)70-50(64(85)73-94(88,89)49-26-27-49)35-44-20-24-48(25-21-44)92-38-54(79)72-93-37-45-18-22-47(23-19-45)69-62(83)43(8)68-53(78)28-29-55(80)76-33-30-46(31-34-76)63(84)67-9/h18-25,39-43,46,49-52,57-60H,15-17,26-38H2,1-14H3,(H,67,84)(H,68,78)(H,69,83)(H,70,82)(H,71,86)(H,72,79)(H,73,85)/t41-,42+,43-,50-,51-,52+,57-,58-,59-,60+/m0/s1. The highest BCUT2D eigenvalue weighted by Crippen LogP contribution is 2.31. The van der Waals surface area contributed by atoms with Crippen LogP contribution in [-0.2, 0) is 85.3 Å². The van der Waals surface area contributed by atoms with Gasteiger partial charge in [0.2, 0.25) is 57.3 Å². The first-order valence-corrected chi connectivity index (χ1v) is 34.2. The van der Waals surface area contributed by atoms with Crippen molar-refractivity contribution >= 4 is 74.8 Å². The number of nitrogens with one attached hydrogen (secondary N) is 7.